The molecule has 0 unspecified atom stereocenters. The monoisotopic (exact) mass is 324 g/mol. The molecule has 3 aromatic rings. The highest BCUT2D eigenvalue weighted by atomic mass is 16.6. The van der Waals surface area contributed by atoms with Crippen molar-refractivity contribution >= 4 is 28.3 Å². The van der Waals surface area contributed by atoms with E-state index in [2.05, 4.69) is 5.32 Å². The van der Waals surface area contributed by atoms with Gasteiger partial charge in [0.05, 0.1) is 16.0 Å². The van der Waals surface area contributed by atoms with E-state index in [0.29, 0.717) is 16.5 Å². The molecular formula is C17H12N2O5. The van der Waals surface area contributed by atoms with Crippen molar-refractivity contribution in [3.05, 3.63) is 80.2 Å². The summed E-state index contributed by atoms with van der Waals surface area (Å²) in [4.78, 5) is 34.7. The lowest BCUT2D eigenvalue weighted by Crippen LogP contribution is -2.15. The lowest BCUT2D eigenvalue weighted by molar-refractivity contribution is -0.384. The van der Waals surface area contributed by atoms with E-state index in [4.69, 9.17) is 4.42 Å². The van der Waals surface area contributed by atoms with Crippen LogP contribution >= 0.6 is 0 Å². The largest absolute Gasteiger partial charge is 0.451 e. The molecule has 0 aliphatic heterocycles. The van der Waals surface area contributed by atoms with Gasteiger partial charge in [0.15, 0.2) is 11.2 Å². The summed E-state index contributed by atoms with van der Waals surface area (Å²) in [5.41, 5.74) is 0.752. The molecule has 7 heteroatoms. The summed E-state index contributed by atoms with van der Waals surface area (Å²) in [6.07, 6.45) is 0. The van der Waals surface area contributed by atoms with Gasteiger partial charge in [-0.15, -0.1) is 0 Å². The maximum atomic E-state index is 12.3. The molecule has 1 N–H and O–H groups in total. The molecule has 0 aliphatic rings. The third kappa shape index (κ3) is 2.87. The average Bonchev–Trinajstić information content (AvgIpc) is 2.56. The SMILES string of the molecule is Cc1ccc([N+](=O)[O-])cc1NC(=O)c1cc(=O)c2ccccc2o1. The number of fused-ring (bicyclic) bond motifs is 1. The molecule has 0 fully saturated rings. The van der Waals surface area contributed by atoms with E-state index in [9.17, 15) is 19.7 Å². The summed E-state index contributed by atoms with van der Waals surface area (Å²) >= 11 is 0. The first-order chi connectivity index (χ1) is 11.5. The zero-order valence-electron chi connectivity index (χ0n) is 12.6. The van der Waals surface area contributed by atoms with Gasteiger partial charge in [-0.2, -0.15) is 0 Å². The molecule has 3 rings (SSSR count). The minimum Gasteiger partial charge on any atom is -0.451 e. The Kier molecular flexibility index (Phi) is 3.83. The number of benzene rings is 2. The van der Waals surface area contributed by atoms with Crippen LogP contribution in [-0.2, 0) is 0 Å². The van der Waals surface area contributed by atoms with Crippen molar-refractivity contribution in [1.82, 2.24) is 0 Å². The standard InChI is InChI=1S/C17H12N2O5/c1-10-6-7-11(19(22)23)8-13(10)18-17(21)16-9-14(20)12-4-2-3-5-15(12)24-16/h2-9H,1H3,(H,18,21). The Morgan fingerprint density at radius 3 is 2.67 bits per heavy atom. The second-order valence-electron chi connectivity index (χ2n) is 5.18. The maximum absolute atomic E-state index is 12.3. The molecule has 1 aromatic heterocycles. The summed E-state index contributed by atoms with van der Waals surface area (Å²) < 4.78 is 5.45. The van der Waals surface area contributed by atoms with Crippen LogP contribution < -0.4 is 10.7 Å². The summed E-state index contributed by atoms with van der Waals surface area (Å²) in [7, 11) is 0. The van der Waals surface area contributed by atoms with Crippen LogP contribution in [0.2, 0.25) is 0 Å². The topological polar surface area (TPSA) is 102 Å². The number of anilines is 1. The Bertz CT molecular complexity index is 1020. The Morgan fingerprint density at radius 2 is 1.92 bits per heavy atom. The zero-order valence-corrected chi connectivity index (χ0v) is 12.6. The van der Waals surface area contributed by atoms with Crippen LogP contribution in [0.4, 0.5) is 11.4 Å². The summed E-state index contributed by atoms with van der Waals surface area (Å²) in [6, 6.07) is 11.8. The Balaban J connectivity index is 1.97. The lowest BCUT2D eigenvalue weighted by Gasteiger charge is -2.08. The van der Waals surface area contributed by atoms with E-state index >= 15 is 0 Å². The predicted octanol–water partition coefficient (Wildman–Crippen LogP) is 3.26. The average molecular weight is 324 g/mol. The van der Waals surface area contributed by atoms with Crippen molar-refractivity contribution in [3.63, 3.8) is 0 Å². The molecule has 0 radical (unpaired) electrons. The second-order valence-corrected chi connectivity index (χ2v) is 5.18. The number of nitro groups is 1. The third-order valence-electron chi connectivity index (χ3n) is 3.54. The molecular weight excluding hydrogens is 312 g/mol. The van der Waals surface area contributed by atoms with E-state index in [1.54, 1.807) is 31.2 Å². The maximum Gasteiger partial charge on any atom is 0.291 e. The van der Waals surface area contributed by atoms with Crippen molar-refractivity contribution in [1.29, 1.82) is 0 Å². The quantitative estimate of drug-likeness (QED) is 0.588. The first kappa shape index (κ1) is 15.4. The number of nitro benzene ring substituents is 1. The number of amides is 1. The van der Waals surface area contributed by atoms with Gasteiger partial charge in [-0.1, -0.05) is 18.2 Å². The summed E-state index contributed by atoms with van der Waals surface area (Å²) in [6.45, 7) is 1.70. The van der Waals surface area contributed by atoms with Crippen molar-refractivity contribution in [2.75, 3.05) is 5.32 Å². The fraction of sp³-hybridized carbons (Fsp3) is 0.0588. The number of hydrogen-bond donors (Lipinski definition) is 1. The van der Waals surface area contributed by atoms with Gasteiger partial charge >= 0.3 is 0 Å². The summed E-state index contributed by atoms with van der Waals surface area (Å²) in [5, 5.41) is 13.8. The highest BCUT2D eigenvalue weighted by Crippen LogP contribution is 2.22. The van der Waals surface area contributed by atoms with E-state index in [0.717, 1.165) is 6.07 Å². The molecule has 0 bridgehead atoms. The molecule has 1 amide bonds. The van der Waals surface area contributed by atoms with Crippen LogP contribution in [0.1, 0.15) is 16.1 Å². The highest BCUT2D eigenvalue weighted by molar-refractivity contribution is 6.03. The van der Waals surface area contributed by atoms with Crippen molar-refractivity contribution in [2.24, 2.45) is 0 Å². The van der Waals surface area contributed by atoms with Crippen LogP contribution in [0.5, 0.6) is 0 Å². The Hall–Kier alpha value is -3.48. The lowest BCUT2D eigenvalue weighted by atomic mass is 10.1. The van der Waals surface area contributed by atoms with Gasteiger partial charge in [0.1, 0.15) is 5.58 Å². The number of nitrogens with zero attached hydrogens (tertiary/aromatic N) is 1. The minimum atomic E-state index is -0.651. The number of aryl methyl sites for hydroxylation is 1. The molecule has 120 valence electrons. The molecule has 0 atom stereocenters. The van der Waals surface area contributed by atoms with Crippen molar-refractivity contribution in [2.45, 2.75) is 6.92 Å². The molecule has 7 nitrogen and oxygen atoms in total. The van der Waals surface area contributed by atoms with Gasteiger partial charge < -0.3 is 9.73 Å². The molecule has 1 heterocycles. The van der Waals surface area contributed by atoms with Gasteiger partial charge in [0, 0.05) is 18.2 Å². The van der Waals surface area contributed by atoms with Gasteiger partial charge in [-0.25, -0.2) is 0 Å². The number of carbonyl (C=O) groups excluding carboxylic acids is 1. The fourth-order valence-corrected chi connectivity index (χ4v) is 2.26. The molecule has 2 aromatic carbocycles. The molecule has 0 spiro atoms. The van der Waals surface area contributed by atoms with Crippen molar-refractivity contribution in [3.8, 4) is 0 Å². The van der Waals surface area contributed by atoms with Gasteiger partial charge in [-0.05, 0) is 24.6 Å². The zero-order chi connectivity index (χ0) is 17.3. The third-order valence-corrected chi connectivity index (χ3v) is 3.54. The van der Waals surface area contributed by atoms with Crippen LogP contribution in [-0.4, -0.2) is 10.8 Å². The second kappa shape index (κ2) is 5.96. The van der Waals surface area contributed by atoms with E-state index in [1.807, 2.05) is 0 Å². The van der Waals surface area contributed by atoms with Crippen LogP contribution in [0.15, 0.2) is 57.7 Å². The first-order valence-electron chi connectivity index (χ1n) is 7.05. The Morgan fingerprint density at radius 1 is 1.17 bits per heavy atom. The molecule has 0 aliphatic carbocycles. The minimum absolute atomic E-state index is 0.143. The van der Waals surface area contributed by atoms with Crippen molar-refractivity contribution < 1.29 is 14.1 Å². The highest BCUT2D eigenvalue weighted by Gasteiger charge is 2.15. The number of hydrogen-bond acceptors (Lipinski definition) is 5. The molecule has 0 saturated heterocycles. The number of rotatable bonds is 3. The number of non-ortho nitro benzene ring substituents is 1. The van der Waals surface area contributed by atoms with E-state index < -0.39 is 10.8 Å². The van der Waals surface area contributed by atoms with Gasteiger partial charge in [-0.3, -0.25) is 19.7 Å². The number of para-hydroxylation sites is 1. The van der Waals surface area contributed by atoms with Gasteiger partial charge in [0.2, 0.25) is 0 Å². The molecule has 0 saturated carbocycles. The first-order valence-corrected chi connectivity index (χ1v) is 7.05. The Labute approximate surface area is 135 Å². The van der Waals surface area contributed by atoms with Crippen LogP contribution in [0, 0.1) is 17.0 Å². The smallest absolute Gasteiger partial charge is 0.291 e. The summed E-state index contributed by atoms with van der Waals surface area (Å²) in [5.74, 6) is -0.814. The number of carbonyl (C=O) groups is 1. The molecule has 24 heavy (non-hydrogen) atoms. The predicted molar refractivity (Wildman–Crippen MR) is 88.3 cm³/mol. The van der Waals surface area contributed by atoms with E-state index in [-0.39, 0.29) is 22.6 Å². The normalized spacial score (nSPS) is 10.5. The van der Waals surface area contributed by atoms with Crippen LogP contribution in [0.3, 0.4) is 0 Å². The van der Waals surface area contributed by atoms with Crippen LogP contribution in [0.25, 0.3) is 11.0 Å². The van der Waals surface area contributed by atoms with E-state index in [1.165, 1.54) is 18.2 Å². The fourth-order valence-electron chi connectivity index (χ4n) is 2.26. The van der Waals surface area contributed by atoms with Gasteiger partial charge in [0.25, 0.3) is 11.6 Å². The number of nitrogens with one attached hydrogen (secondary N) is 1.